The van der Waals surface area contributed by atoms with Crippen molar-refractivity contribution in [3.63, 3.8) is 0 Å². The summed E-state index contributed by atoms with van der Waals surface area (Å²) in [4.78, 5) is 18.2. The van der Waals surface area contributed by atoms with E-state index < -0.39 is 0 Å². The number of nitrogens with one attached hydrogen (secondary N) is 1. The van der Waals surface area contributed by atoms with Crippen LogP contribution in [0.15, 0.2) is 42.2 Å². The molecule has 0 aliphatic rings. The maximum absolute atomic E-state index is 12.3. The van der Waals surface area contributed by atoms with E-state index >= 15 is 0 Å². The van der Waals surface area contributed by atoms with Gasteiger partial charge in [-0.3, -0.25) is 10.1 Å². The number of thiophene rings is 1. The maximum atomic E-state index is 12.3. The van der Waals surface area contributed by atoms with Crippen molar-refractivity contribution >= 4 is 33.7 Å². The highest BCUT2D eigenvalue weighted by Crippen LogP contribution is 2.24. The number of thiazole rings is 1. The molecule has 6 heteroatoms. The Morgan fingerprint density at radius 1 is 1.37 bits per heavy atom. The highest BCUT2D eigenvalue weighted by molar-refractivity contribution is 7.16. The average Bonchev–Trinajstić information content (AvgIpc) is 3.07. The first-order chi connectivity index (χ1) is 9.24. The van der Waals surface area contributed by atoms with Gasteiger partial charge >= 0.3 is 0 Å². The first kappa shape index (κ1) is 12.1. The summed E-state index contributed by atoms with van der Waals surface area (Å²) in [6.45, 7) is 1.96. The molecule has 96 valence electrons. The third kappa shape index (κ3) is 2.45. The number of nitrogens with zero attached hydrogens (tertiary/aromatic N) is 2. The minimum absolute atomic E-state index is 0.118. The molecule has 0 unspecified atom stereocenters. The minimum Gasteiger partial charge on any atom is -0.322 e. The molecular weight excluding hydrogens is 278 g/mol. The number of aryl methyl sites for hydroxylation is 1. The quantitative estimate of drug-likeness (QED) is 0.801. The molecule has 3 heterocycles. The molecule has 3 rings (SSSR count). The van der Waals surface area contributed by atoms with Crippen LogP contribution >= 0.6 is 22.7 Å². The van der Waals surface area contributed by atoms with Gasteiger partial charge in [0.1, 0.15) is 4.88 Å². The van der Waals surface area contributed by atoms with Crippen molar-refractivity contribution < 1.29 is 4.79 Å². The normalized spacial score (nSPS) is 10.6. The van der Waals surface area contributed by atoms with Gasteiger partial charge in [-0.2, -0.15) is 0 Å². The molecule has 19 heavy (non-hydrogen) atoms. The van der Waals surface area contributed by atoms with Crippen molar-refractivity contribution in [2.45, 2.75) is 6.92 Å². The second-order valence-corrected chi connectivity index (χ2v) is 6.11. The summed E-state index contributed by atoms with van der Waals surface area (Å²) in [6, 6.07) is 5.81. The first-order valence-electron chi connectivity index (χ1n) is 5.68. The molecule has 0 saturated heterocycles. The van der Waals surface area contributed by atoms with Gasteiger partial charge in [0, 0.05) is 23.5 Å². The second kappa shape index (κ2) is 4.99. The van der Waals surface area contributed by atoms with Crippen LogP contribution in [0.1, 0.15) is 14.5 Å². The number of carbonyl (C=O) groups excluding carboxylic acids is 1. The predicted molar refractivity (Wildman–Crippen MR) is 78.5 cm³/mol. The largest absolute Gasteiger partial charge is 0.322 e. The molecule has 0 radical (unpaired) electrons. The molecule has 0 aliphatic carbocycles. The molecule has 0 atom stereocenters. The number of aromatic nitrogens is 2. The van der Waals surface area contributed by atoms with Crippen molar-refractivity contribution in [3.8, 4) is 5.69 Å². The summed E-state index contributed by atoms with van der Waals surface area (Å²) in [6.07, 6.45) is 5.60. The van der Waals surface area contributed by atoms with Crippen LogP contribution in [0.2, 0.25) is 0 Å². The standard InChI is InChI=1S/C13H11N3OS2/c1-9-8-14-13(19-9)15-12(17)11-10(4-7-18-11)16-5-2-3-6-16/h2-8H,1H3,(H,14,15,17). The lowest BCUT2D eigenvalue weighted by molar-refractivity contribution is 0.103. The highest BCUT2D eigenvalue weighted by Gasteiger charge is 2.15. The van der Waals surface area contributed by atoms with Gasteiger partial charge in [0.05, 0.1) is 5.69 Å². The lowest BCUT2D eigenvalue weighted by atomic mass is 10.3. The Morgan fingerprint density at radius 3 is 2.84 bits per heavy atom. The van der Waals surface area contributed by atoms with Gasteiger partial charge in [-0.05, 0) is 30.5 Å². The van der Waals surface area contributed by atoms with E-state index in [0.717, 1.165) is 10.6 Å². The van der Waals surface area contributed by atoms with Crippen molar-refractivity contribution in [1.29, 1.82) is 0 Å². The fourth-order valence-electron chi connectivity index (χ4n) is 1.74. The molecule has 0 bridgehead atoms. The monoisotopic (exact) mass is 289 g/mol. The minimum atomic E-state index is -0.118. The highest BCUT2D eigenvalue weighted by atomic mass is 32.1. The Morgan fingerprint density at radius 2 is 2.16 bits per heavy atom. The fraction of sp³-hybridized carbons (Fsp3) is 0.0769. The predicted octanol–water partition coefficient (Wildman–Crippen LogP) is 3.56. The summed E-state index contributed by atoms with van der Waals surface area (Å²) in [5.74, 6) is -0.118. The maximum Gasteiger partial charge on any atom is 0.269 e. The Labute approximate surface area is 118 Å². The zero-order chi connectivity index (χ0) is 13.2. The summed E-state index contributed by atoms with van der Waals surface area (Å²) in [5, 5.41) is 5.38. The smallest absolute Gasteiger partial charge is 0.269 e. The SMILES string of the molecule is Cc1cnc(NC(=O)c2sccc2-n2cccc2)s1. The van der Waals surface area contributed by atoms with Gasteiger partial charge in [0.25, 0.3) is 5.91 Å². The van der Waals surface area contributed by atoms with Gasteiger partial charge < -0.3 is 4.57 Å². The van der Waals surface area contributed by atoms with Gasteiger partial charge in [-0.1, -0.05) is 0 Å². The molecular formula is C13H11N3OS2. The molecule has 0 fully saturated rings. The fourth-order valence-corrected chi connectivity index (χ4v) is 3.18. The average molecular weight is 289 g/mol. The van der Waals surface area contributed by atoms with E-state index in [9.17, 15) is 4.79 Å². The van der Waals surface area contributed by atoms with E-state index in [1.165, 1.54) is 22.7 Å². The van der Waals surface area contributed by atoms with Gasteiger partial charge in [-0.15, -0.1) is 22.7 Å². The number of amides is 1. The number of carbonyl (C=O) groups is 1. The van der Waals surface area contributed by atoms with Crippen LogP contribution in [-0.2, 0) is 0 Å². The lowest BCUT2D eigenvalue weighted by Gasteiger charge is -2.04. The van der Waals surface area contributed by atoms with E-state index in [2.05, 4.69) is 10.3 Å². The van der Waals surface area contributed by atoms with Crippen LogP contribution in [0.4, 0.5) is 5.13 Å². The van der Waals surface area contributed by atoms with Crippen LogP contribution in [0.5, 0.6) is 0 Å². The summed E-state index contributed by atoms with van der Waals surface area (Å²) < 4.78 is 1.93. The molecule has 3 aromatic rings. The van der Waals surface area contributed by atoms with Crippen LogP contribution in [0.25, 0.3) is 5.69 Å². The number of hydrogen-bond acceptors (Lipinski definition) is 4. The number of rotatable bonds is 3. The van der Waals surface area contributed by atoms with Crippen LogP contribution in [0.3, 0.4) is 0 Å². The summed E-state index contributed by atoms with van der Waals surface area (Å²) in [5.41, 5.74) is 0.890. The molecule has 0 spiro atoms. The van der Waals surface area contributed by atoms with Crippen LogP contribution < -0.4 is 5.32 Å². The lowest BCUT2D eigenvalue weighted by Crippen LogP contribution is -2.12. The molecule has 1 amide bonds. The van der Waals surface area contributed by atoms with Gasteiger partial charge in [-0.25, -0.2) is 4.98 Å². The molecule has 0 aromatic carbocycles. The van der Waals surface area contributed by atoms with E-state index in [4.69, 9.17) is 0 Å². The van der Waals surface area contributed by atoms with E-state index in [-0.39, 0.29) is 5.91 Å². The third-order valence-corrected chi connectivity index (χ3v) is 4.31. The molecule has 4 nitrogen and oxygen atoms in total. The van der Waals surface area contributed by atoms with E-state index in [1.807, 2.05) is 47.5 Å². The van der Waals surface area contributed by atoms with E-state index in [0.29, 0.717) is 10.0 Å². The van der Waals surface area contributed by atoms with Gasteiger partial charge in [0.2, 0.25) is 0 Å². The van der Waals surface area contributed by atoms with Crippen molar-refractivity contribution in [3.05, 3.63) is 51.9 Å². The molecule has 0 saturated carbocycles. The number of anilines is 1. The van der Waals surface area contributed by atoms with Crippen LogP contribution in [0, 0.1) is 6.92 Å². The Hall–Kier alpha value is -1.92. The van der Waals surface area contributed by atoms with Crippen molar-refractivity contribution in [2.24, 2.45) is 0 Å². The third-order valence-electron chi connectivity index (χ3n) is 2.58. The summed E-state index contributed by atoms with van der Waals surface area (Å²) >= 11 is 2.90. The molecule has 0 aliphatic heterocycles. The van der Waals surface area contributed by atoms with E-state index in [1.54, 1.807) is 6.20 Å². The van der Waals surface area contributed by atoms with Crippen molar-refractivity contribution in [2.75, 3.05) is 5.32 Å². The molecule has 3 aromatic heterocycles. The zero-order valence-corrected chi connectivity index (χ0v) is 11.8. The van der Waals surface area contributed by atoms with Crippen LogP contribution in [-0.4, -0.2) is 15.5 Å². The second-order valence-electron chi connectivity index (χ2n) is 3.96. The number of hydrogen-bond donors (Lipinski definition) is 1. The van der Waals surface area contributed by atoms with Crippen molar-refractivity contribution in [1.82, 2.24) is 9.55 Å². The zero-order valence-electron chi connectivity index (χ0n) is 10.2. The summed E-state index contributed by atoms with van der Waals surface area (Å²) in [7, 11) is 0. The topological polar surface area (TPSA) is 46.9 Å². The Kier molecular flexibility index (Phi) is 3.18. The Bertz CT molecular complexity index is 697. The Balaban J connectivity index is 1.87. The first-order valence-corrected chi connectivity index (χ1v) is 7.38. The van der Waals surface area contributed by atoms with Gasteiger partial charge in [0.15, 0.2) is 5.13 Å². The molecule has 1 N–H and O–H groups in total.